The van der Waals surface area contributed by atoms with Crippen molar-refractivity contribution in [3.8, 4) is 5.75 Å². The van der Waals surface area contributed by atoms with Crippen LogP contribution in [0.1, 0.15) is 24.2 Å². The van der Waals surface area contributed by atoms with Crippen molar-refractivity contribution in [3.63, 3.8) is 0 Å². The molecule has 1 aromatic carbocycles. The molecule has 2 aromatic rings. The number of hydrogen-bond acceptors (Lipinski definition) is 6. The van der Waals surface area contributed by atoms with E-state index in [4.69, 9.17) is 31.3 Å². The van der Waals surface area contributed by atoms with Crippen molar-refractivity contribution in [2.75, 3.05) is 13.2 Å². The number of halogens is 2. The Hall–Kier alpha value is -1.70. The highest BCUT2D eigenvalue weighted by Gasteiger charge is 2.33. The molecule has 6 nitrogen and oxygen atoms in total. The molecule has 1 aliphatic rings. The van der Waals surface area contributed by atoms with E-state index >= 15 is 0 Å². The summed E-state index contributed by atoms with van der Waals surface area (Å²) in [4.78, 5) is 4.26. The molecule has 0 saturated carbocycles. The number of hydrogen-bond donors (Lipinski definition) is 1. The molecule has 0 unspecified atom stereocenters. The zero-order valence-electron chi connectivity index (χ0n) is 11.7. The zero-order valence-corrected chi connectivity index (χ0v) is 12.4. The van der Waals surface area contributed by atoms with Gasteiger partial charge >= 0.3 is 0 Å². The molecule has 2 heterocycles. The maximum atomic E-state index is 13.1. The van der Waals surface area contributed by atoms with Crippen molar-refractivity contribution in [1.82, 2.24) is 10.1 Å². The first-order chi connectivity index (χ1) is 10.7. The molecule has 8 heteroatoms. The van der Waals surface area contributed by atoms with Gasteiger partial charge in [-0.2, -0.15) is 4.98 Å². The van der Waals surface area contributed by atoms with Crippen molar-refractivity contribution in [1.29, 1.82) is 0 Å². The minimum atomic E-state index is -0.498. The van der Waals surface area contributed by atoms with Crippen LogP contribution < -0.4 is 10.5 Å². The van der Waals surface area contributed by atoms with Crippen LogP contribution in [0.2, 0.25) is 5.02 Å². The first-order valence-electron chi connectivity index (χ1n) is 6.89. The van der Waals surface area contributed by atoms with Gasteiger partial charge in [0, 0.05) is 18.6 Å². The van der Waals surface area contributed by atoms with Crippen molar-refractivity contribution >= 4 is 11.6 Å². The molecule has 1 saturated heterocycles. The van der Waals surface area contributed by atoms with Crippen LogP contribution in [0.25, 0.3) is 0 Å². The fourth-order valence-corrected chi connectivity index (χ4v) is 2.47. The van der Waals surface area contributed by atoms with E-state index in [1.165, 1.54) is 18.2 Å². The van der Waals surface area contributed by atoms with Gasteiger partial charge in [0.05, 0.1) is 5.02 Å². The maximum Gasteiger partial charge on any atom is 0.256 e. The first kappa shape index (κ1) is 15.2. The second kappa shape index (κ2) is 6.60. The number of nitrogens with zero attached hydrogens (tertiary/aromatic N) is 2. The second-order valence-electron chi connectivity index (χ2n) is 4.99. The molecule has 1 aliphatic heterocycles. The number of rotatable bonds is 5. The fraction of sp³-hybridized carbons (Fsp3) is 0.429. The third-order valence-electron chi connectivity index (χ3n) is 3.50. The van der Waals surface area contributed by atoms with Gasteiger partial charge in [0.25, 0.3) is 5.89 Å². The Balaban J connectivity index is 1.63. The second-order valence-corrected chi connectivity index (χ2v) is 5.40. The van der Waals surface area contributed by atoms with Crippen molar-refractivity contribution in [3.05, 3.63) is 40.8 Å². The number of benzene rings is 1. The maximum absolute atomic E-state index is 13.1. The van der Waals surface area contributed by atoms with Crippen LogP contribution in [0.4, 0.5) is 4.39 Å². The quantitative estimate of drug-likeness (QED) is 0.908. The van der Waals surface area contributed by atoms with Crippen LogP contribution in [-0.4, -0.2) is 23.3 Å². The molecule has 0 spiro atoms. The molecular formula is C14H15ClFN3O3. The summed E-state index contributed by atoms with van der Waals surface area (Å²) in [6.45, 7) is 1.23. The first-order valence-corrected chi connectivity index (χ1v) is 7.27. The topological polar surface area (TPSA) is 83.4 Å². The molecule has 2 atom stereocenters. The SMILES string of the molecule is NC[C@@H]1CCO[C@@H]1c1nc(COc2ccc(F)c(Cl)c2)no1. The normalized spacial score (nSPS) is 21.2. The molecule has 1 fully saturated rings. The Labute approximate surface area is 131 Å². The third-order valence-corrected chi connectivity index (χ3v) is 3.79. The Morgan fingerprint density at radius 3 is 3.09 bits per heavy atom. The summed E-state index contributed by atoms with van der Waals surface area (Å²) in [5.41, 5.74) is 5.69. The minimum absolute atomic E-state index is 0.00329. The lowest BCUT2D eigenvalue weighted by molar-refractivity contribution is 0.0642. The minimum Gasteiger partial charge on any atom is -0.485 e. The van der Waals surface area contributed by atoms with Gasteiger partial charge in [-0.05, 0) is 25.1 Å². The Morgan fingerprint density at radius 2 is 2.32 bits per heavy atom. The van der Waals surface area contributed by atoms with Crippen molar-refractivity contribution in [2.24, 2.45) is 11.7 Å². The highest BCUT2D eigenvalue weighted by molar-refractivity contribution is 6.30. The number of nitrogens with two attached hydrogens (primary N) is 1. The van der Waals surface area contributed by atoms with E-state index in [0.717, 1.165) is 6.42 Å². The van der Waals surface area contributed by atoms with Crippen LogP contribution in [0, 0.1) is 11.7 Å². The van der Waals surface area contributed by atoms with E-state index < -0.39 is 5.82 Å². The van der Waals surface area contributed by atoms with Crippen molar-refractivity contribution < 1.29 is 18.4 Å². The van der Waals surface area contributed by atoms with E-state index in [1.54, 1.807) is 0 Å². The van der Waals surface area contributed by atoms with E-state index in [9.17, 15) is 4.39 Å². The third kappa shape index (κ3) is 3.21. The molecule has 3 rings (SSSR count). The fourth-order valence-electron chi connectivity index (χ4n) is 2.30. The molecule has 0 bridgehead atoms. The summed E-state index contributed by atoms with van der Waals surface area (Å²) in [6, 6.07) is 4.10. The lowest BCUT2D eigenvalue weighted by Crippen LogP contribution is -2.18. The van der Waals surface area contributed by atoms with Crippen molar-refractivity contribution in [2.45, 2.75) is 19.1 Å². The Morgan fingerprint density at radius 1 is 1.45 bits per heavy atom. The van der Waals surface area contributed by atoms with E-state index in [2.05, 4.69) is 10.1 Å². The van der Waals surface area contributed by atoms with Gasteiger partial charge in [-0.1, -0.05) is 16.8 Å². The smallest absolute Gasteiger partial charge is 0.256 e. The van der Waals surface area contributed by atoms with E-state index in [1.807, 2.05) is 0 Å². The van der Waals surface area contributed by atoms with Gasteiger partial charge in [0.2, 0.25) is 5.82 Å². The lowest BCUT2D eigenvalue weighted by Gasteiger charge is -2.11. The molecule has 1 aromatic heterocycles. The highest BCUT2D eigenvalue weighted by Crippen LogP contribution is 2.32. The molecule has 0 amide bonds. The highest BCUT2D eigenvalue weighted by atomic mass is 35.5. The molecular weight excluding hydrogens is 313 g/mol. The molecule has 0 radical (unpaired) electrons. The predicted octanol–water partition coefficient (Wildman–Crippen LogP) is 2.48. The monoisotopic (exact) mass is 327 g/mol. The predicted molar refractivity (Wildman–Crippen MR) is 75.9 cm³/mol. The van der Waals surface area contributed by atoms with Crippen LogP contribution in [0.5, 0.6) is 5.75 Å². The molecule has 0 aliphatic carbocycles. The Kier molecular flexibility index (Phi) is 4.56. The summed E-state index contributed by atoms with van der Waals surface area (Å²) in [7, 11) is 0. The number of aromatic nitrogens is 2. The van der Waals surface area contributed by atoms with Crippen LogP contribution in [0.15, 0.2) is 22.7 Å². The summed E-state index contributed by atoms with van der Waals surface area (Å²) < 4.78 is 29.3. The number of ether oxygens (including phenoxy) is 2. The standard InChI is InChI=1S/C14H15ClFN3O3/c15-10-5-9(1-2-11(10)16)21-7-12-18-14(22-19-12)13-8(6-17)3-4-20-13/h1-2,5,8,13H,3-4,6-7,17H2/t8-,13-/m0/s1. The Bertz CT molecular complexity index is 652. The summed E-state index contributed by atoms with van der Waals surface area (Å²) in [5.74, 6) is 0.896. The average Bonchev–Trinajstić information content (AvgIpc) is 3.16. The van der Waals surface area contributed by atoms with Crippen LogP contribution in [-0.2, 0) is 11.3 Å². The van der Waals surface area contributed by atoms with Gasteiger partial charge in [0.15, 0.2) is 6.61 Å². The van der Waals surface area contributed by atoms with Crippen LogP contribution >= 0.6 is 11.6 Å². The van der Waals surface area contributed by atoms with Gasteiger partial charge in [-0.25, -0.2) is 4.39 Å². The van der Waals surface area contributed by atoms with Gasteiger partial charge in [-0.15, -0.1) is 0 Å². The van der Waals surface area contributed by atoms with Crippen LogP contribution in [0.3, 0.4) is 0 Å². The summed E-state index contributed by atoms with van der Waals surface area (Å²) >= 11 is 5.68. The molecule has 22 heavy (non-hydrogen) atoms. The average molecular weight is 328 g/mol. The van der Waals surface area contributed by atoms with E-state index in [0.29, 0.717) is 30.6 Å². The van der Waals surface area contributed by atoms with Gasteiger partial charge in [0.1, 0.15) is 17.7 Å². The van der Waals surface area contributed by atoms with Gasteiger partial charge < -0.3 is 19.7 Å². The van der Waals surface area contributed by atoms with E-state index in [-0.39, 0.29) is 23.7 Å². The molecule has 118 valence electrons. The van der Waals surface area contributed by atoms with Gasteiger partial charge in [-0.3, -0.25) is 0 Å². The molecule has 2 N–H and O–H groups in total. The summed E-state index contributed by atoms with van der Waals surface area (Å²) in [6.07, 6.45) is 0.621. The zero-order chi connectivity index (χ0) is 15.5. The largest absolute Gasteiger partial charge is 0.485 e. The summed E-state index contributed by atoms with van der Waals surface area (Å²) in [5, 5.41) is 3.84. The lowest BCUT2D eigenvalue weighted by atomic mass is 10.0.